The first-order valence-corrected chi connectivity index (χ1v) is 10.1. The van der Waals surface area contributed by atoms with Crippen LogP contribution in [0.25, 0.3) is 39.3 Å². The third-order valence-electron chi connectivity index (χ3n) is 5.20. The van der Waals surface area contributed by atoms with Gasteiger partial charge in [-0.25, -0.2) is 4.98 Å². The van der Waals surface area contributed by atoms with E-state index in [1.54, 1.807) is 43.3 Å². The molecule has 3 heterocycles. The number of hydrogen-bond donors (Lipinski definition) is 1. The zero-order valence-electron chi connectivity index (χ0n) is 17.5. The summed E-state index contributed by atoms with van der Waals surface area (Å²) in [6, 6.07) is 13.1. The van der Waals surface area contributed by atoms with Crippen LogP contribution in [0.15, 0.2) is 57.7 Å². The summed E-state index contributed by atoms with van der Waals surface area (Å²) in [4.78, 5) is 20.6. The maximum Gasteiger partial charge on any atom is 0.435 e. The number of rotatable bonds is 4. The van der Waals surface area contributed by atoms with E-state index in [9.17, 15) is 18.0 Å². The van der Waals surface area contributed by atoms with Crippen LogP contribution in [-0.2, 0) is 6.18 Å². The van der Waals surface area contributed by atoms with Gasteiger partial charge in [0.25, 0.3) is 5.56 Å². The normalized spacial score (nSPS) is 12.0. The highest BCUT2D eigenvalue weighted by Crippen LogP contribution is 2.38. The van der Waals surface area contributed by atoms with Crippen LogP contribution in [0.5, 0.6) is 5.75 Å². The van der Waals surface area contributed by atoms with Crippen LogP contribution in [-0.4, -0.2) is 26.2 Å². The van der Waals surface area contributed by atoms with Gasteiger partial charge >= 0.3 is 6.18 Å². The Labute approximate surface area is 184 Å². The van der Waals surface area contributed by atoms with Crippen molar-refractivity contribution in [3.8, 4) is 28.3 Å². The van der Waals surface area contributed by atoms with E-state index in [1.165, 1.54) is 12.1 Å². The quantitative estimate of drug-likeness (QED) is 0.402. The van der Waals surface area contributed by atoms with E-state index in [1.807, 2.05) is 6.92 Å². The zero-order valence-corrected chi connectivity index (χ0v) is 17.5. The minimum absolute atomic E-state index is 0.0167. The van der Waals surface area contributed by atoms with E-state index in [0.717, 1.165) is 0 Å². The summed E-state index contributed by atoms with van der Waals surface area (Å²) in [6.45, 7) is 3.80. The Bertz CT molecular complexity index is 1550. The highest BCUT2D eigenvalue weighted by molar-refractivity contribution is 5.84. The Kier molecular flexibility index (Phi) is 4.73. The monoisotopic (exact) mass is 454 g/mol. The van der Waals surface area contributed by atoms with Gasteiger partial charge in [0.05, 0.1) is 12.2 Å². The van der Waals surface area contributed by atoms with Gasteiger partial charge < -0.3 is 14.1 Å². The smallest absolute Gasteiger partial charge is 0.435 e. The Morgan fingerprint density at radius 3 is 2.55 bits per heavy atom. The van der Waals surface area contributed by atoms with Crippen molar-refractivity contribution in [1.29, 1.82) is 0 Å². The number of halogens is 3. The molecule has 0 radical (unpaired) electrons. The molecule has 10 heteroatoms. The molecule has 0 saturated heterocycles. The van der Waals surface area contributed by atoms with Crippen LogP contribution < -0.4 is 10.3 Å². The standard InChI is InChI=1S/C23H17F3N4O3/c1-3-32-14-10-7-11-15-18(14)28-21(33-15)16-12(2)27-20-17(13-8-5-4-6-9-13)19(23(24,25)26)29-30(20)22(16)31/h4-11,27H,3H2,1-2H3. The summed E-state index contributed by atoms with van der Waals surface area (Å²) >= 11 is 0. The lowest BCUT2D eigenvalue weighted by atomic mass is 10.1. The van der Waals surface area contributed by atoms with E-state index in [2.05, 4.69) is 15.1 Å². The minimum Gasteiger partial charge on any atom is -0.491 e. The second kappa shape index (κ2) is 7.51. The lowest BCUT2D eigenvalue weighted by molar-refractivity contribution is -0.140. The fraction of sp³-hybridized carbons (Fsp3) is 0.174. The third kappa shape index (κ3) is 3.34. The first-order valence-electron chi connectivity index (χ1n) is 10.1. The molecule has 0 aliphatic carbocycles. The van der Waals surface area contributed by atoms with Gasteiger partial charge in [-0.3, -0.25) is 4.79 Å². The number of alkyl halides is 3. The summed E-state index contributed by atoms with van der Waals surface area (Å²) in [6.07, 6.45) is -4.77. The molecular weight excluding hydrogens is 437 g/mol. The van der Waals surface area contributed by atoms with Gasteiger partial charge in [0.1, 0.15) is 17.0 Å². The van der Waals surface area contributed by atoms with Crippen LogP contribution in [0.3, 0.4) is 0 Å². The molecule has 2 aromatic carbocycles. The first-order chi connectivity index (χ1) is 15.8. The van der Waals surface area contributed by atoms with Crippen molar-refractivity contribution in [3.63, 3.8) is 0 Å². The average molecular weight is 454 g/mol. The lowest BCUT2D eigenvalue weighted by Gasteiger charge is -2.07. The highest BCUT2D eigenvalue weighted by Gasteiger charge is 2.39. The molecule has 0 aliphatic heterocycles. The molecule has 5 rings (SSSR count). The van der Waals surface area contributed by atoms with Gasteiger partial charge in [-0.2, -0.15) is 22.8 Å². The number of benzene rings is 2. The van der Waals surface area contributed by atoms with Crippen molar-refractivity contribution >= 4 is 16.7 Å². The number of ether oxygens (including phenoxy) is 1. The van der Waals surface area contributed by atoms with E-state index in [4.69, 9.17) is 9.15 Å². The molecular formula is C23H17F3N4O3. The number of H-pyrrole nitrogens is 1. The Morgan fingerprint density at radius 2 is 1.85 bits per heavy atom. The van der Waals surface area contributed by atoms with E-state index in [-0.39, 0.29) is 28.2 Å². The van der Waals surface area contributed by atoms with Crippen molar-refractivity contribution in [2.24, 2.45) is 0 Å². The van der Waals surface area contributed by atoms with Crippen LogP contribution in [0.2, 0.25) is 0 Å². The second-order valence-corrected chi connectivity index (χ2v) is 7.33. The van der Waals surface area contributed by atoms with E-state index < -0.39 is 17.4 Å². The van der Waals surface area contributed by atoms with E-state index in [0.29, 0.717) is 33.7 Å². The number of nitrogens with one attached hydrogen (secondary N) is 1. The van der Waals surface area contributed by atoms with Crippen LogP contribution in [0, 0.1) is 6.92 Å². The fourth-order valence-electron chi connectivity index (χ4n) is 3.82. The molecule has 1 N–H and O–H groups in total. The second-order valence-electron chi connectivity index (χ2n) is 7.33. The fourth-order valence-corrected chi connectivity index (χ4v) is 3.82. The molecule has 7 nitrogen and oxygen atoms in total. The van der Waals surface area contributed by atoms with Gasteiger partial charge in [-0.05, 0) is 31.5 Å². The summed E-state index contributed by atoms with van der Waals surface area (Å²) in [7, 11) is 0. The van der Waals surface area contributed by atoms with Crippen LogP contribution in [0.1, 0.15) is 18.3 Å². The molecule has 0 unspecified atom stereocenters. The number of hydrogen-bond acceptors (Lipinski definition) is 5. The average Bonchev–Trinajstić information content (AvgIpc) is 3.37. The van der Waals surface area contributed by atoms with Gasteiger partial charge in [-0.15, -0.1) is 0 Å². The number of nitrogens with zero attached hydrogens (tertiary/aromatic N) is 3. The predicted molar refractivity (Wildman–Crippen MR) is 115 cm³/mol. The molecule has 0 atom stereocenters. The third-order valence-corrected chi connectivity index (χ3v) is 5.20. The maximum absolute atomic E-state index is 13.8. The van der Waals surface area contributed by atoms with Gasteiger partial charge in [-0.1, -0.05) is 36.4 Å². The molecule has 3 aromatic heterocycles. The molecule has 168 valence electrons. The summed E-state index contributed by atoms with van der Waals surface area (Å²) < 4.78 is 53.6. The van der Waals surface area contributed by atoms with Crippen molar-refractivity contribution in [2.45, 2.75) is 20.0 Å². The largest absolute Gasteiger partial charge is 0.491 e. The molecule has 5 aromatic rings. The SMILES string of the molecule is CCOc1cccc2oc(-c3c(C)[nH]c4c(-c5ccccc5)c(C(F)(F)F)nn4c3=O)nc12. The maximum atomic E-state index is 13.8. The molecule has 0 aliphatic rings. The van der Waals surface area contributed by atoms with Crippen molar-refractivity contribution < 1.29 is 22.3 Å². The first kappa shape index (κ1) is 20.8. The number of oxazole rings is 1. The predicted octanol–water partition coefficient (Wildman–Crippen LogP) is 5.22. The number of para-hydroxylation sites is 1. The minimum atomic E-state index is -4.77. The molecule has 0 saturated carbocycles. The van der Waals surface area contributed by atoms with Gasteiger partial charge in [0, 0.05) is 5.69 Å². The van der Waals surface area contributed by atoms with Gasteiger partial charge in [0.2, 0.25) is 5.89 Å². The topological polar surface area (TPSA) is 85.4 Å². The van der Waals surface area contributed by atoms with Crippen molar-refractivity contribution in [2.75, 3.05) is 6.61 Å². The Hall–Kier alpha value is -4.08. The Morgan fingerprint density at radius 1 is 1.09 bits per heavy atom. The van der Waals surface area contributed by atoms with Crippen LogP contribution in [0.4, 0.5) is 13.2 Å². The molecule has 0 amide bonds. The molecule has 0 bridgehead atoms. The number of aryl methyl sites for hydroxylation is 1. The highest BCUT2D eigenvalue weighted by atomic mass is 19.4. The Balaban J connectivity index is 1.80. The lowest BCUT2D eigenvalue weighted by Crippen LogP contribution is -2.20. The number of aromatic amines is 1. The number of fused-ring (bicyclic) bond motifs is 2. The zero-order chi connectivity index (χ0) is 23.3. The summed E-state index contributed by atoms with van der Waals surface area (Å²) in [5.41, 5.74) is -0.846. The molecule has 0 spiro atoms. The van der Waals surface area contributed by atoms with Gasteiger partial charge in [0.15, 0.2) is 16.8 Å². The summed E-state index contributed by atoms with van der Waals surface area (Å²) in [5.74, 6) is 0.438. The van der Waals surface area contributed by atoms with Crippen LogP contribution >= 0.6 is 0 Å². The molecule has 33 heavy (non-hydrogen) atoms. The summed E-state index contributed by atoms with van der Waals surface area (Å²) in [5, 5.41) is 3.64. The van der Waals surface area contributed by atoms with Crippen molar-refractivity contribution in [3.05, 3.63) is 70.3 Å². The number of aromatic nitrogens is 4. The van der Waals surface area contributed by atoms with Crippen molar-refractivity contribution in [1.82, 2.24) is 19.6 Å². The van der Waals surface area contributed by atoms with E-state index >= 15 is 0 Å². The molecule has 0 fully saturated rings.